The second-order valence-electron chi connectivity index (χ2n) is 4.81. The van der Waals surface area contributed by atoms with E-state index in [1.807, 2.05) is 32.0 Å². The number of para-hydroxylation sites is 1. The normalized spacial score (nSPS) is 10.2. The zero-order chi connectivity index (χ0) is 14.7. The molecule has 0 aromatic heterocycles. The fourth-order valence-corrected chi connectivity index (χ4v) is 2.12. The minimum absolute atomic E-state index is 0.301. The van der Waals surface area contributed by atoms with Crippen LogP contribution in [0.2, 0.25) is 5.02 Å². The van der Waals surface area contributed by atoms with Gasteiger partial charge < -0.3 is 10.6 Å². The fraction of sp³-hybridized carbons (Fsp3) is 0.188. The molecule has 0 fully saturated rings. The number of benzene rings is 2. The maximum atomic E-state index is 12.0. The molecule has 2 aromatic rings. The van der Waals surface area contributed by atoms with Crippen LogP contribution >= 0.6 is 11.6 Å². The Morgan fingerprint density at radius 1 is 0.900 bits per heavy atom. The van der Waals surface area contributed by atoms with Gasteiger partial charge in [0.05, 0.1) is 10.7 Å². The van der Waals surface area contributed by atoms with Crippen molar-refractivity contribution in [1.29, 1.82) is 0 Å². The summed E-state index contributed by atoms with van der Waals surface area (Å²) in [4.78, 5) is 12.0. The number of amides is 2. The van der Waals surface area contributed by atoms with Gasteiger partial charge in [0.1, 0.15) is 0 Å². The van der Waals surface area contributed by atoms with Crippen molar-refractivity contribution < 1.29 is 4.79 Å². The molecule has 2 N–H and O–H groups in total. The molecule has 0 heterocycles. The molecule has 2 rings (SSSR count). The lowest BCUT2D eigenvalue weighted by atomic mass is 10.1. The second kappa shape index (κ2) is 5.97. The molecule has 3 nitrogen and oxygen atoms in total. The summed E-state index contributed by atoms with van der Waals surface area (Å²) in [5.74, 6) is 0. The van der Waals surface area contributed by atoms with Crippen LogP contribution in [-0.2, 0) is 0 Å². The van der Waals surface area contributed by atoms with Crippen molar-refractivity contribution >= 4 is 29.0 Å². The van der Waals surface area contributed by atoms with Gasteiger partial charge in [-0.15, -0.1) is 0 Å². The number of hydrogen-bond acceptors (Lipinski definition) is 1. The lowest BCUT2D eigenvalue weighted by molar-refractivity contribution is 0.262. The third-order valence-electron chi connectivity index (χ3n) is 3.21. The molecular formula is C16H17ClN2O. The van der Waals surface area contributed by atoms with Crippen LogP contribution in [0.4, 0.5) is 16.2 Å². The summed E-state index contributed by atoms with van der Waals surface area (Å²) in [7, 11) is 0. The lowest BCUT2D eigenvalue weighted by Gasteiger charge is -2.12. The molecule has 2 amide bonds. The van der Waals surface area contributed by atoms with Gasteiger partial charge in [-0.1, -0.05) is 29.8 Å². The van der Waals surface area contributed by atoms with E-state index in [9.17, 15) is 4.79 Å². The number of aryl methyl sites for hydroxylation is 3. The Balaban J connectivity index is 2.13. The van der Waals surface area contributed by atoms with E-state index in [4.69, 9.17) is 11.6 Å². The van der Waals surface area contributed by atoms with E-state index >= 15 is 0 Å². The van der Waals surface area contributed by atoms with Gasteiger partial charge in [-0.3, -0.25) is 0 Å². The second-order valence-corrected chi connectivity index (χ2v) is 5.22. The zero-order valence-corrected chi connectivity index (χ0v) is 12.5. The third kappa shape index (κ3) is 3.31. The monoisotopic (exact) mass is 288 g/mol. The molecule has 104 valence electrons. The number of carbonyl (C=O) groups is 1. The molecular weight excluding hydrogens is 272 g/mol. The molecule has 0 radical (unpaired) electrons. The largest absolute Gasteiger partial charge is 0.323 e. The van der Waals surface area contributed by atoms with Crippen molar-refractivity contribution in [2.75, 3.05) is 10.6 Å². The molecule has 20 heavy (non-hydrogen) atoms. The number of nitrogens with one attached hydrogen (secondary N) is 2. The van der Waals surface area contributed by atoms with E-state index in [0.717, 1.165) is 16.8 Å². The molecule has 0 aliphatic carbocycles. The maximum Gasteiger partial charge on any atom is 0.323 e. The summed E-state index contributed by atoms with van der Waals surface area (Å²) in [6.07, 6.45) is 0. The lowest BCUT2D eigenvalue weighted by Crippen LogP contribution is -2.20. The molecule has 0 bridgehead atoms. The molecule has 2 aromatic carbocycles. The van der Waals surface area contributed by atoms with E-state index < -0.39 is 0 Å². The predicted octanol–water partition coefficient (Wildman–Crippen LogP) is 4.91. The van der Waals surface area contributed by atoms with Crippen LogP contribution < -0.4 is 10.6 Å². The Morgan fingerprint density at radius 2 is 1.50 bits per heavy atom. The van der Waals surface area contributed by atoms with Crippen molar-refractivity contribution in [3.05, 3.63) is 58.1 Å². The highest BCUT2D eigenvalue weighted by Gasteiger charge is 2.08. The molecule has 0 spiro atoms. The summed E-state index contributed by atoms with van der Waals surface area (Å²) in [6, 6.07) is 10.9. The zero-order valence-electron chi connectivity index (χ0n) is 11.8. The standard InChI is InChI=1S/C16H17ClN2O/c1-10-8-12(3)15(9-11(10)2)19-16(20)18-14-7-5-4-6-13(14)17/h4-9H,1-3H3,(H2,18,19,20). The SMILES string of the molecule is Cc1cc(C)c(NC(=O)Nc2ccccc2Cl)cc1C. The van der Waals surface area contributed by atoms with Crippen LogP contribution in [0.1, 0.15) is 16.7 Å². The molecule has 0 aliphatic heterocycles. The average Bonchev–Trinajstić information content (AvgIpc) is 2.39. The van der Waals surface area contributed by atoms with Crippen molar-refractivity contribution in [2.45, 2.75) is 20.8 Å². The Hall–Kier alpha value is -2.00. The van der Waals surface area contributed by atoms with Gasteiger partial charge in [0.2, 0.25) is 0 Å². The molecule has 0 saturated carbocycles. The highest BCUT2D eigenvalue weighted by atomic mass is 35.5. The first-order valence-corrected chi connectivity index (χ1v) is 6.75. The van der Waals surface area contributed by atoms with Crippen LogP contribution in [0.3, 0.4) is 0 Å². The minimum Gasteiger partial charge on any atom is -0.307 e. The molecule has 0 atom stereocenters. The van der Waals surface area contributed by atoms with Gasteiger partial charge >= 0.3 is 6.03 Å². The minimum atomic E-state index is -0.301. The van der Waals surface area contributed by atoms with E-state index in [-0.39, 0.29) is 6.03 Å². The Morgan fingerprint density at radius 3 is 2.20 bits per heavy atom. The van der Waals surface area contributed by atoms with E-state index in [0.29, 0.717) is 10.7 Å². The highest BCUT2D eigenvalue weighted by Crippen LogP contribution is 2.22. The van der Waals surface area contributed by atoms with E-state index in [2.05, 4.69) is 23.6 Å². The number of rotatable bonds is 2. The van der Waals surface area contributed by atoms with Crippen LogP contribution in [0, 0.1) is 20.8 Å². The van der Waals surface area contributed by atoms with Crippen molar-refractivity contribution in [2.24, 2.45) is 0 Å². The predicted molar refractivity (Wildman–Crippen MR) is 84.7 cm³/mol. The smallest absolute Gasteiger partial charge is 0.307 e. The topological polar surface area (TPSA) is 41.1 Å². The van der Waals surface area contributed by atoms with Crippen molar-refractivity contribution in [3.63, 3.8) is 0 Å². The maximum absolute atomic E-state index is 12.0. The quantitative estimate of drug-likeness (QED) is 0.810. The van der Waals surface area contributed by atoms with Gasteiger partial charge in [0, 0.05) is 5.69 Å². The summed E-state index contributed by atoms with van der Waals surface area (Å²) in [6.45, 7) is 6.04. The summed E-state index contributed by atoms with van der Waals surface area (Å²) in [5, 5.41) is 6.10. The molecule has 0 saturated heterocycles. The van der Waals surface area contributed by atoms with Gasteiger partial charge in [0.15, 0.2) is 0 Å². The van der Waals surface area contributed by atoms with E-state index in [1.54, 1.807) is 12.1 Å². The number of urea groups is 1. The summed E-state index contributed by atoms with van der Waals surface area (Å²) < 4.78 is 0. The highest BCUT2D eigenvalue weighted by molar-refractivity contribution is 6.33. The fourth-order valence-electron chi connectivity index (χ4n) is 1.93. The summed E-state index contributed by atoms with van der Waals surface area (Å²) in [5.41, 5.74) is 4.77. The number of anilines is 2. The Kier molecular flexibility index (Phi) is 4.30. The number of hydrogen-bond donors (Lipinski definition) is 2. The number of halogens is 1. The van der Waals surface area contributed by atoms with Crippen molar-refractivity contribution in [3.8, 4) is 0 Å². The Labute approximate surface area is 124 Å². The van der Waals surface area contributed by atoms with Gasteiger partial charge in [-0.05, 0) is 55.7 Å². The molecule has 0 aliphatic rings. The number of carbonyl (C=O) groups excluding carboxylic acids is 1. The van der Waals surface area contributed by atoms with E-state index in [1.165, 1.54) is 5.56 Å². The summed E-state index contributed by atoms with van der Waals surface area (Å²) >= 11 is 6.01. The van der Waals surface area contributed by atoms with Gasteiger partial charge in [-0.25, -0.2) is 4.79 Å². The first-order chi connectivity index (χ1) is 9.47. The first-order valence-electron chi connectivity index (χ1n) is 6.38. The molecule has 0 unspecified atom stereocenters. The van der Waals surface area contributed by atoms with Crippen molar-refractivity contribution in [1.82, 2.24) is 0 Å². The van der Waals surface area contributed by atoms with Crippen LogP contribution in [0.5, 0.6) is 0 Å². The molecule has 4 heteroatoms. The average molecular weight is 289 g/mol. The van der Waals surface area contributed by atoms with Crippen LogP contribution in [0.25, 0.3) is 0 Å². The van der Waals surface area contributed by atoms with Crippen LogP contribution in [0.15, 0.2) is 36.4 Å². The van der Waals surface area contributed by atoms with Gasteiger partial charge in [0.25, 0.3) is 0 Å². The first kappa shape index (κ1) is 14.4. The van der Waals surface area contributed by atoms with Gasteiger partial charge in [-0.2, -0.15) is 0 Å². The third-order valence-corrected chi connectivity index (χ3v) is 3.54. The Bertz CT molecular complexity index is 653. The van der Waals surface area contributed by atoms with Crippen LogP contribution in [-0.4, -0.2) is 6.03 Å².